The number of benzene rings is 1. The van der Waals surface area contributed by atoms with Gasteiger partial charge in [0, 0.05) is 31.2 Å². The van der Waals surface area contributed by atoms with Gasteiger partial charge in [0.25, 0.3) is 0 Å². The van der Waals surface area contributed by atoms with Gasteiger partial charge >= 0.3 is 6.03 Å². The molecular weight excluding hydrogens is 318 g/mol. The first-order chi connectivity index (χ1) is 12.2. The number of hydrogen-bond donors (Lipinski definition) is 2. The van der Waals surface area contributed by atoms with E-state index in [2.05, 4.69) is 10.6 Å². The number of piperidine rings is 1. The Hall–Kier alpha value is -2.24. The molecule has 1 atom stereocenters. The average molecular weight is 345 g/mol. The minimum absolute atomic E-state index is 0.0872. The van der Waals surface area contributed by atoms with Gasteiger partial charge in [-0.05, 0) is 38.7 Å². The van der Waals surface area contributed by atoms with Crippen molar-refractivity contribution in [1.82, 2.24) is 15.5 Å². The van der Waals surface area contributed by atoms with Crippen LogP contribution in [0.5, 0.6) is 5.75 Å². The minimum Gasteiger partial charge on any atom is -0.494 e. The van der Waals surface area contributed by atoms with E-state index < -0.39 is 0 Å². The standard InChI is InChI=1S/C19H27N3O3/c1-2-25-17-8-4-3-6-14(17)12-20-19(24)22-11-5-7-15(13-22)18(23)21-16-9-10-16/h3-4,6,8,15-16H,2,5,7,9-13H2,1H3,(H,20,24)(H,21,23). The molecule has 2 fully saturated rings. The third-order valence-corrected chi connectivity index (χ3v) is 4.71. The maximum Gasteiger partial charge on any atom is 0.317 e. The number of carbonyl (C=O) groups excluding carboxylic acids is 2. The van der Waals surface area contributed by atoms with Crippen LogP contribution in [0.3, 0.4) is 0 Å². The largest absolute Gasteiger partial charge is 0.494 e. The lowest BCUT2D eigenvalue weighted by Gasteiger charge is -2.32. The number of rotatable bonds is 6. The van der Waals surface area contributed by atoms with Crippen LogP contribution < -0.4 is 15.4 Å². The van der Waals surface area contributed by atoms with Gasteiger partial charge in [-0.25, -0.2) is 4.79 Å². The highest BCUT2D eigenvalue weighted by atomic mass is 16.5. The van der Waals surface area contributed by atoms with Gasteiger partial charge in [-0.15, -0.1) is 0 Å². The molecule has 3 amide bonds. The fourth-order valence-electron chi connectivity index (χ4n) is 3.15. The van der Waals surface area contributed by atoms with E-state index in [1.807, 2.05) is 31.2 Å². The molecule has 1 aromatic rings. The molecule has 0 spiro atoms. The number of nitrogens with zero attached hydrogens (tertiary/aromatic N) is 1. The predicted molar refractivity (Wildman–Crippen MR) is 95.3 cm³/mol. The fraction of sp³-hybridized carbons (Fsp3) is 0.579. The molecule has 1 saturated heterocycles. The number of amides is 3. The van der Waals surface area contributed by atoms with Crippen molar-refractivity contribution >= 4 is 11.9 Å². The van der Waals surface area contributed by atoms with Crippen LogP contribution in [0.25, 0.3) is 0 Å². The van der Waals surface area contributed by atoms with Crippen molar-refractivity contribution in [1.29, 1.82) is 0 Å². The third-order valence-electron chi connectivity index (χ3n) is 4.71. The van der Waals surface area contributed by atoms with Gasteiger partial charge in [0.2, 0.25) is 5.91 Å². The number of likely N-dealkylation sites (tertiary alicyclic amines) is 1. The molecule has 2 N–H and O–H groups in total. The van der Waals surface area contributed by atoms with Crippen molar-refractivity contribution < 1.29 is 14.3 Å². The summed E-state index contributed by atoms with van der Waals surface area (Å²) < 4.78 is 5.59. The van der Waals surface area contributed by atoms with E-state index in [1.54, 1.807) is 4.90 Å². The van der Waals surface area contributed by atoms with Crippen LogP contribution in [0.2, 0.25) is 0 Å². The molecule has 1 unspecified atom stereocenters. The van der Waals surface area contributed by atoms with E-state index >= 15 is 0 Å². The smallest absolute Gasteiger partial charge is 0.317 e. The molecule has 1 aliphatic carbocycles. The Kier molecular flexibility index (Phi) is 5.79. The number of nitrogens with one attached hydrogen (secondary N) is 2. The second-order valence-electron chi connectivity index (χ2n) is 6.77. The van der Waals surface area contributed by atoms with Crippen molar-refractivity contribution in [2.24, 2.45) is 5.92 Å². The van der Waals surface area contributed by atoms with Gasteiger partial charge in [0.05, 0.1) is 12.5 Å². The lowest BCUT2D eigenvalue weighted by Crippen LogP contribution is -2.49. The zero-order valence-corrected chi connectivity index (χ0v) is 14.8. The Balaban J connectivity index is 1.51. The first-order valence-electron chi connectivity index (χ1n) is 9.21. The molecule has 0 bridgehead atoms. The van der Waals surface area contributed by atoms with Crippen LogP contribution in [0.1, 0.15) is 38.2 Å². The molecule has 1 saturated carbocycles. The lowest BCUT2D eigenvalue weighted by atomic mass is 9.97. The Bertz CT molecular complexity index is 616. The first kappa shape index (κ1) is 17.6. The summed E-state index contributed by atoms with van der Waals surface area (Å²) in [5.41, 5.74) is 0.956. The molecule has 1 aliphatic heterocycles. The maximum atomic E-state index is 12.5. The molecular formula is C19H27N3O3. The number of para-hydroxylation sites is 1. The molecule has 0 radical (unpaired) electrons. The zero-order valence-electron chi connectivity index (χ0n) is 14.8. The Morgan fingerprint density at radius 2 is 2.04 bits per heavy atom. The lowest BCUT2D eigenvalue weighted by molar-refractivity contribution is -0.126. The average Bonchev–Trinajstić information content (AvgIpc) is 3.45. The molecule has 1 aromatic carbocycles. The summed E-state index contributed by atoms with van der Waals surface area (Å²) in [4.78, 5) is 26.5. The summed E-state index contributed by atoms with van der Waals surface area (Å²) in [5.74, 6) is 0.808. The van der Waals surface area contributed by atoms with Gasteiger partial charge in [0.1, 0.15) is 5.75 Å². The molecule has 3 rings (SSSR count). The van der Waals surface area contributed by atoms with Crippen molar-refractivity contribution in [3.05, 3.63) is 29.8 Å². The van der Waals surface area contributed by atoms with Crippen LogP contribution in [0, 0.1) is 5.92 Å². The van der Waals surface area contributed by atoms with Gasteiger partial charge in [0.15, 0.2) is 0 Å². The number of carbonyl (C=O) groups is 2. The van der Waals surface area contributed by atoms with Crippen molar-refractivity contribution in [2.75, 3.05) is 19.7 Å². The fourth-order valence-corrected chi connectivity index (χ4v) is 3.15. The second kappa shape index (κ2) is 8.23. The van der Waals surface area contributed by atoms with E-state index in [1.165, 1.54) is 0 Å². The van der Waals surface area contributed by atoms with Gasteiger partial charge in [-0.2, -0.15) is 0 Å². The van der Waals surface area contributed by atoms with Gasteiger partial charge in [-0.3, -0.25) is 4.79 Å². The van der Waals surface area contributed by atoms with Gasteiger partial charge < -0.3 is 20.3 Å². The summed E-state index contributed by atoms with van der Waals surface area (Å²) in [6.07, 6.45) is 3.89. The first-order valence-corrected chi connectivity index (χ1v) is 9.21. The molecule has 6 nitrogen and oxygen atoms in total. The highest BCUT2D eigenvalue weighted by Gasteiger charge is 2.31. The van der Waals surface area contributed by atoms with E-state index in [-0.39, 0.29) is 17.9 Å². The van der Waals surface area contributed by atoms with Crippen LogP contribution in [-0.2, 0) is 11.3 Å². The Labute approximate surface area is 148 Å². The second-order valence-corrected chi connectivity index (χ2v) is 6.77. The summed E-state index contributed by atoms with van der Waals surface area (Å²) in [6, 6.07) is 7.96. The van der Waals surface area contributed by atoms with Crippen molar-refractivity contribution in [2.45, 2.75) is 45.2 Å². The van der Waals surface area contributed by atoms with Crippen molar-refractivity contribution in [3.8, 4) is 5.75 Å². The highest BCUT2D eigenvalue weighted by molar-refractivity contribution is 5.81. The normalized spacial score (nSPS) is 20.0. The van der Waals surface area contributed by atoms with E-state index in [0.717, 1.165) is 37.0 Å². The number of ether oxygens (including phenoxy) is 1. The predicted octanol–water partition coefficient (Wildman–Crippen LogP) is 2.29. The quantitative estimate of drug-likeness (QED) is 0.831. The molecule has 0 aromatic heterocycles. The Morgan fingerprint density at radius 1 is 1.24 bits per heavy atom. The summed E-state index contributed by atoms with van der Waals surface area (Å²) in [7, 11) is 0. The van der Waals surface area contributed by atoms with E-state index in [9.17, 15) is 9.59 Å². The van der Waals surface area contributed by atoms with Crippen LogP contribution in [0.15, 0.2) is 24.3 Å². The van der Waals surface area contributed by atoms with Crippen LogP contribution >= 0.6 is 0 Å². The van der Waals surface area contributed by atoms with E-state index in [4.69, 9.17) is 4.74 Å². The summed E-state index contributed by atoms with van der Waals surface area (Å²) in [5, 5.41) is 6.00. The minimum atomic E-state index is -0.116. The maximum absolute atomic E-state index is 12.5. The molecule has 136 valence electrons. The molecule has 1 heterocycles. The van der Waals surface area contributed by atoms with Crippen LogP contribution in [0.4, 0.5) is 4.79 Å². The zero-order chi connectivity index (χ0) is 17.6. The van der Waals surface area contributed by atoms with Crippen molar-refractivity contribution in [3.63, 3.8) is 0 Å². The number of hydrogen-bond acceptors (Lipinski definition) is 3. The van der Waals surface area contributed by atoms with Crippen LogP contribution in [-0.4, -0.2) is 42.6 Å². The molecule has 2 aliphatic rings. The molecule has 25 heavy (non-hydrogen) atoms. The van der Waals surface area contributed by atoms with Gasteiger partial charge in [-0.1, -0.05) is 18.2 Å². The SMILES string of the molecule is CCOc1ccccc1CNC(=O)N1CCCC(C(=O)NC2CC2)C1. The monoisotopic (exact) mass is 345 g/mol. The topological polar surface area (TPSA) is 70.7 Å². The Morgan fingerprint density at radius 3 is 2.80 bits per heavy atom. The molecule has 6 heteroatoms. The summed E-state index contributed by atoms with van der Waals surface area (Å²) in [6.45, 7) is 4.15. The summed E-state index contributed by atoms with van der Waals surface area (Å²) >= 11 is 0. The van der Waals surface area contributed by atoms with E-state index in [0.29, 0.717) is 32.3 Å². The highest BCUT2D eigenvalue weighted by Crippen LogP contribution is 2.22. The third kappa shape index (κ3) is 4.87. The number of urea groups is 1.